The fraction of sp³-hybridized carbons (Fsp3) is 0.0833. The fourth-order valence-corrected chi connectivity index (χ4v) is 4.07. The molecule has 6 rings (SSSR count). The molecule has 11 heteroatoms. The van der Waals surface area contributed by atoms with Gasteiger partial charge in [0.1, 0.15) is 5.52 Å². The van der Waals surface area contributed by atoms with E-state index < -0.39 is 5.82 Å². The van der Waals surface area contributed by atoms with E-state index in [0.717, 1.165) is 11.3 Å². The molecule has 3 heterocycles. The van der Waals surface area contributed by atoms with E-state index in [0.29, 0.717) is 39.4 Å². The van der Waals surface area contributed by atoms with Crippen LogP contribution < -0.4 is 5.69 Å². The number of aromatic nitrogens is 7. The van der Waals surface area contributed by atoms with Crippen LogP contribution in [0.4, 0.5) is 4.39 Å². The number of alkyl halides is 1. The van der Waals surface area contributed by atoms with Gasteiger partial charge in [-0.15, -0.1) is 16.7 Å². The molecule has 0 fully saturated rings. The van der Waals surface area contributed by atoms with Crippen LogP contribution in [0.25, 0.3) is 39.0 Å². The van der Waals surface area contributed by atoms with Gasteiger partial charge in [-0.05, 0) is 54.1 Å². The summed E-state index contributed by atoms with van der Waals surface area (Å²) >= 11 is 10.6. The molecule has 0 aliphatic heterocycles. The molecule has 0 aliphatic carbocycles. The molecular weight excluding hydrogens is 492 g/mol. The molecule has 0 radical (unpaired) electrons. The summed E-state index contributed by atoms with van der Waals surface area (Å²) in [6.07, 6.45) is 3.15. The Labute approximate surface area is 207 Å². The maximum atomic E-state index is 15.0. The lowest BCUT2D eigenvalue weighted by atomic mass is 10.1. The molecule has 0 atom stereocenters. The quantitative estimate of drug-likeness (QED) is 0.321. The molecule has 0 saturated heterocycles. The average molecular weight is 510 g/mol. The van der Waals surface area contributed by atoms with Crippen molar-refractivity contribution in [2.24, 2.45) is 0 Å². The van der Waals surface area contributed by atoms with Crippen molar-refractivity contribution in [3.8, 4) is 16.9 Å². The van der Waals surface area contributed by atoms with E-state index in [4.69, 9.17) is 11.6 Å². The first-order chi connectivity index (χ1) is 17.0. The number of nitrogens with one attached hydrogen (secondary N) is 2. The van der Waals surface area contributed by atoms with Gasteiger partial charge in [-0.25, -0.2) is 13.9 Å². The first-order valence-electron chi connectivity index (χ1n) is 10.5. The molecule has 6 aromatic rings. The van der Waals surface area contributed by atoms with Gasteiger partial charge in [-0.1, -0.05) is 28.9 Å². The zero-order chi connectivity index (χ0) is 24.5. The van der Waals surface area contributed by atoms with Crippen LogP contribution in [0.2, 0.25) is 5.02 Å². The van der Waals surface area contributed by atoms with Gasteiger partial charge in [-0.2, -0.15) is 5.10 Å². The SMILES string of the molecule is CCl.O=c1[nH]c2ccc(-n3nnc4c(F)cc(-c5ccnn5Cc5ccc(Cl)cc5)cc43)cc2[nH]1. The van der Waals surface area contributed by atoms with E-state index in [1.165, 1.54) is 12.4 Å². The Balaban J connectivity index is 0.00000124. The van der Waals surface area contributed by atoms with E-state index in [1.807, 2.05) is 36.4 Å². The highest BCUT2D eigenvalue weighted by Gasteiger charge is 2.16. The number of benzene rings is 3. The third-order valence-electron chi connectivity index (χ3n) is 5.51. The monoisotopic (exact) mass is 509 g/mol. The second-order valence-corrected chi connectivity index (χ2v) is 8.07. The van der Waals surface area contributed by atoms with Crippen LogP contribution in [0, 0.1) is 5.82 Å². The van der Waals surface area contributed by atoms with Gasteiger partial charge in [0.05, 0.1) is 34.5 Å². The summed E-state index contributed by atoms with van der Waals surface area (Å²) < 4.78 is 18.4. The Kier molecular flexibility index (Phi) is 6.10. The molecule has 0 amide bonds. The maximum absolute atomic E-state index is 15.0. The molecule has 8 nitrogen and oxygen atoms in total. The summed E-state index contributed by atoms with van der Waals surface area (Å²) in [5, 5.41) is 13.2. The van der Waals surface area contributed by atoms with Crippen molar-refractivity contribution in [3.05, 3.63) is 93.7 Å². The number of fused-ring (bicyclic) bond motifs is 2. The molecule has 3 aromatic carbocycles. The van der Waals surface area contributed by atoms with Gasteiger partial charge >= 0.3 is 5.69 Å². The molecule has 0 saturated carbocycles. The van der Waals surface area contributed by atoms with Gasteiger partial charge in [0, 0.05) is 23.2 Å². The van der Waals surface area contributed by atoms with E-state index in [9.17, 15) is 4.79 Å². The topological polar surface area (TPSA) is 97.2 Å². The third kappa shape index (κ3) is 4.31. The summed E-state index contributed by atoms with van der Waals surface area (Å²) in [6, 6.07) is 17.9. The Morgan fingerprint density at radius 3 is 2.54 bits per heavy atom. The third-order valence-corrected chi connectivity index (χ3v) is 5.76. The van der Waals surface area contributed by atoms with Gasteiger partial charge in [0.15, 0.2) is 5.82 Å². The summed E-state index contributed by atoms with van der Waals surface area (Å²) in [4.78, 5) is 17.0. The Morgan fingerprint density at radius 2 is 1.74 bits per heavy atom. The van der Waals surface area contributed by atoms with Crippen molar-refractivity contribution in [2.45, 2.75) is 6.54 Å². The fourth-order valence-electron chi connectivity index (χ4n) is 3.94. The lowest BCUT2D eigenvalue weighted by Crippen LogP contribution is -2.04. The Hall–Kier alpha value is -3.95. The van der Waals surface area contributed by atoms with Crippen LogP contribution in [0.1, 0.15) is 5.56 Å². The number of imidazole rings is 1. The number of H-pyrrole nitrogens is 2. The van der Waals surface area contributed by atoms with E-state index >= 15 is 4.39 Å². The number of halogens is 3. The Bertz CT molecular complexity index is 1700. The number of rotatable bonds is 4. The van der Waals surface area contributed by atoms with Crippen LogP contribution in [0.3, 0.4) is 0 Å². The standard InChI is InChI=1S/C23H15ClFN7O.CH3Cl/c24-15-3-1-13(2-4-15)12-31-20(7-8-26-31)14-9-17(25)22-21(10-14)32(30-29-22)16-5-6-18-19(11-16)28-23(33)27-18;1-2/h1-11H,12H2,(H2,27,28,33);1H3. The van der Waals surface area contributed by atoms with Crippen LogP contribution in [-0.4, -0.2) is 41.1 Å². The van der Waals surface area contributed by atoms with Crippen molar-refractivity contribution >= 4 is 45.3 Å². The summed E-state index contributed by atoms with van der Waals surface area (Å²) in [6.45, 7) is 0.508. The van der Waals surface area contributed by atoms with Crippen molar-refractivity contribution < 1.29 is 4.39 Å². The number of nitrogens with zero attached hydrogens (tertiary/aromatic N) is 5. The maximum Gasteiger partial charge on any atom is 0.323 e. The summed E-state index contributed by atoms with van der Waals surface area (Å²) in [5.41, 5.74) is 4.72. The molecule has 3 aromatic heterocycles. The molecule has 176 valence electrons. The molecule has 0 unspecified atom stereocenters. The number of hydrogen-bond donors (Lipinski definition) is 2. The van der Waals surface area contributed by atoms with Crippen LogP contribution in [0.5, 0.6) is 0 Å². The van der Waals surface area contributed by atoms with Crippen LogP contribution in [0.15, 0.2) is 71.7 Å². The first-order valence-corrected chi connectivity index (χ1v) is 11.6. The zero-order valence-corrected chi connectivity index (χ0v) is 19.8. The minimum atomic E-state index is -0.482. The highest BCUT2D eigenvalue weighted by molar-refractivity contribution is 6.30. The van der Waals surface area contributed by atoms with Crippen molar-refractivity contribution in [3.63, 3.8) is 0 Å². The van der Waals surface area contributed by atoms with E-state index in [-0.39, 0.29) is 11.2 Å². The molecule has 2 N–H and O–H groups in total. The normalized spacial score (nSPS) is 11.1. The van der Waals surface area contributed by atoms with Gasteiger partial charge in [-0.3, -0.25) is 4.68 Å². The first kappa shape index (κ1) is 22.8. The van der Waals surface area contributed by atoms with Crippen molar-refractivity contribution in [1.29, 1.82) is 0 Å². The molecule has 0 bridgehead atoms. The van der Waals surface area contributed by atoms with E-state index in [2.05, 4.69) is 37.0 Å². The average Bonchev–Trinajstić information content (AvgIpc) is 3.59. The molecule has 0 aliphatic rings. The lowest BCUT2D eigenvalue weighted by molar-refractivity contribution is 0.635. The van der Waals surface area contributed by atoms with Gasteiger partial charge in [0.2, 0.25) is 0 Å². The number of hydrogen-bond acceptors (Lipinski definition) is 4. The minimum Gasteiger partial charge on any atom is -0.306 e. The lowest BCUT2D eigenvalue weighted by Gasteiger charge is -2.09. The highest BCUT2D eigenvalue weighted by atomic mass is 35.5. The number of aromatic amines is 2. The van der Waals surface area contributed by atoms with Crippen molar-refractivity contribution in [1.82, 2.24) is 34.7 Å². The Morgan fingerprint density at radius 1 is 0.971 bits per heavy atom. The molecule has 0 spiro atoms. The highest BCUT2D eigenvalue weighted by Crippen LogP contribution is 2.28. The summed E-state index contributed by atoms with van der Waals surface area (Å²) in [5.74, 6) is -0.482. The minimum absolute atomic E-state index is 0.158. The largest absolute Gasteiger partial charge is 0.323 e. The van der Waals surface area contributed by atoms with E-state index in [1.54, 1.807) is 33.8 Å². The second kappa shape index (κ2) is 9.36. The van der Waals surface area contributed by atoms with Crippen LogP contribution in [-0.2, 0) is 6.54 Å². The molecular formula is C24H18Cl2FN7O. The van der Waals surface area contributed by atoms with Gasteiger partial charge < -0.3 is 9.97 Å². The zero-order valence-electron chi connectivity index (χ0n) is 18.3. The smallest absolute Gasteiger partial charge is 0.306 e. The summed E-state index contributed by atoms with van der Waals surface area (Å²) in [7, 11) is 0. The predicted molar refractivity (Wildman–Crippen MR) is 135 cm³/mol. The molecule has 35 heavy (non-hydrogen) atoms. The van der Waals surface area contributed by atoms with Crippen LogP contribution >= 0.6 is 23.2 Å². The predicted octanol–water partition coefficient (Wildman–Crippen LogP) is 5.15. The second-order valence-electron chi connectivity index (χ2n) is 7.64. The van der Waals surface area contributed by atoms with Crippen molar-refractivity contribution in [2.75, 3.05) is 6.38 Å². The van der Waals surface area contributed by atoms with Gasteiger partial charge in [0.25, 0.3) is 0 Å².